The number of amidine groups is 1. The van der Waals surface area contributed by atoms with Crippen LogP contribution in [0.5, 0.6) is 0 Å². The van der Waals surface area contributed by atoms with Crippen LogP contribution in [0, 0.1) is 5.41 Å². The summed E-state index contributed by atoms with van der Waals surface area (Å²) in [6.07, 6.45) is 4.82. The summed E-state index contributed by atoms with van der Waals surface area (Å²) in [5.74, 6) is 0.432. The standard InChI is InChI=1S/C9H12N4O/c10-9(8-7-11-1-2-12-8)13-3-5-14-6-4-13/h1-2,7,10H,3-6H2. The molecule has 5 nitrogen and oxygen atoms in total. The molecule has 1 N–H and O–H groups in total. The first-order valence-corrected chi connectivity index (χ1v) is 4.55. The molecule has 0 saturated carbocycles. The predicted molar refractivity (Wildman–Crippen MR) is 51.3 cm³/mol. The third kappa shape index (κ3) is 1.88. The zero-order valence-corrected chi connectivity index (χ0v) is 7.81. The van der Waals surface area contributed by atoms with Crippen LogP contribution in [-0.2, 0) is 4.74 Å². The smallest absolute Gasteiger partial charge is 0.148 e. The summed E-state index contributed by atoms with van der Waals surface area (Å²) in [5, 5.41) is 7.89. The molecule has 0 unspecified atom stereocenters. The molecule has 1 aromatic rings. The molecule has 1 aromatic heterocycles. The van der Waals surface area contributed by atoms with Crippen LogP contribution in [0.25, 0.3) is 0 Å². The molecule has 1 aliphatic heterocycles. The van der Waals surface area contributed by atoms with Gasteiger partial charge in [-0.3, -0.25) is 10.4 Å². The van der Waals surface area contributed by atoms with Crippen LogP contribution in [0.3, 0.4) is 0 Å². The van der Waals surface area contributed by atoms with Gasteiger partial charge in [-0.25, -0.2) is 4.98 Å². The molecular weight excluding hydrogens is 180 g/mol. The molecule has 14 heavy (non-hydrogen) atoms. The molecule has 0 aliphatic carbocycles. The first-order chi connectivity index (χ1) is 6.88. The molecule has 0 atom stereocenters. The van der Waals surface area contributed by atoms with E-state index in [2.05, 4.69) is 9.97 Å². The summed E-state index contributed by atoms with van der Waals surface area (Å²) in [5.41, 5.74) is 0.620. The van der Waals surface area contributed by atoms with Crippen molar-refractivity contribution in [1.82, 2.24) is 14.9 Å². The maximum atomic E-state index is 7.89. The Kier molecular flexibility index (Phi) is 2.69. The minimum Gasteiger partial charge on any atom is -0.378 e. The third-order valence-corrected chi connectivity index (χ3v) is 2.13. The maximum absolute atomic E-state index is 7.89. The van der Waals surface area contributed by atoms with Gasteiger partial charge in [0.1, 0.15) is 11.5 Å². The van der Waals surface area contributed by atoms with Crippen molar-refractivity contribution in [2.45, 2.75) is 0 Å². The van der Waals surface area contributed by atoms with Crippen molar-refractivity contribution in [3.05, 3.63) is 24.3 Å². The van der Waals surface area contributed by atoms with Crippen molar-refractivity contribution < 1.29 is 4.74 Å². The second-order valence-corrected chi connectivity index (χ2v) is 3.04. The van der Waals surface area contributed by atoms with Crippen LogP contribution < -0.4 is 0 Å². The summed E-state index contributed by atoms with van der Waals surface area (Å²) in [6.45, 7) is 2.89. The number of nitrogens with one attached hydrogen (secondary N) is 1. The van der Waals surface area contributed by atoms with Gasteiger partial charge in [0.2, 0.25) is 0 Å². The number of hydrogen-bond donors (Lipinski definition) is 1. The average molecular weight is 192 g/mol. The molecule has 0 radical (unpaired) electrons. The van der Waals surface area contributed by atoms with Crippen LogP contribution >= 0.6 is 0 Å². The molecule has 2 heterocycles. The van der Waals surface area contributed by atoms with E-state index in [0.717, 1.165) is 13.1 Å². The molecule has 0 bridgehead atoms. The molecule has 74 valence electrons. The molecule has 0 amide bonds. The zero-order valence-electron chi connectivity index (χ0n) is 7.81. The summed E-state index contributed by atoms with van der Waals surface area (Å²) >= 11 is 0. The highest BCUT2D eigenvalue weighted by Gasteiger charge is 2.15. The Bertz CT molecular complexity index is 308. The monoisotopic (exact) mass is 192 g/mol. The van der Waals surface area contributed by atoms with Crippen molar-refractivity contribution in [3.63, 3.8) is 0 Å². The molecule has 0 spiro atoms. The van der Waals surface area contributed by atoms with Crippen molar-refractivity contribution >= 4 is 5.84 Å². The van der Waals surface area contributed by atoms with Gasteiger partial charge in [-0.1, -0.05) is 0 Å². The van der Waals surface area contributed by atoms with E-state index in [4.69, 9.17) is 10.1 Å². The van der Waals surface area contributed by atoms with E-state index in [1.165, 1.54) is 0 Å². The lowest BCUT2D eigenvalue weighted by atomic mass is 10.3. The quantitative estimate of drug-likeness (QED) is 0.507. The molecular formula is C9H12N4O. The molecule has 5 heteroatoms. The zero-order chi connectivity index (χ0) is 9.80. The second kappa shape index (κ2) is 4.15. The van der Waals surface area contributed by atoms with Crippen LogP contribution in [0.4, 0.5) is 0 Å². The second-order valence-electron chi connectivity index (χ2n) is 3.04. The number of nitrogens with zero attached hydrogens (tertiary/aromatic N) is 3. The van der Waals surface area contributed by atoms with Crippen LogP contribution in [0.2, 0.25) is 0 Å². The van der Waals surface area contributed by atoms with Crippen LogP contribution in [-0.4, -0.2) is 47.0 Å². The van der Waals surface area contributed by atoms with Gasteiger partial charge in [0.25, 0.3) is 0 Å². The fourth-order valence-corrected chi connectivity index (χ4v) is 1.37. The highest BCUT2D eigenvalue weighted by Crippen LogP contribution is 2.02. The highest BCUT2D eigenvalue weighted by molar-refractivity contribution is 5.94. The number of hydrogen-bond acceptors (Lipinski definition) is 4. The van der Waals surface area contributed by atoms with Gasteiger partial charge in [0.05, 0.1) is 19.4 Å². The molecule has 0 aromatic carbocycles. The Morgan fingerprint density at radius 2 is 2.14 bits per heavy atom. The third-order valence-electron chi connectivity index (χ3n) is 2.13. The molecule has 1 fully saturated rings. The lowest BCUT2D eigenvalue weighted by molar-refractivity contribution is 0.0679. The summed E-state index contributed by atoms with van der Waals surface area (Å²) in [6, 6.07) is 0. The number of aromatic nitrogens is 2. The lowest BCUT2D eigenvalue weighted by Gasteiger charge is -2.28. The number of morpholine rings is 1. The van der Waals surface area contributed by atoms with E-state index < -0.39 is 0 Å². The minimum atomic E-state index is 0.432. The van der Waals surface area contributed by atoms with Crippen molar-refractivity contribution in [3.8, 4) is 0 Å². The van der Waals surface area contributed by atoms with E-state index >= 15 is 0 Å². The van der Waals surface area contributed by atoms with Gasteiger partial charge in [-0.05, 0) is 0 Å². The summed E-state index contributed by atoms with van der Waals surface area (Å²) in [7, 11) is 0. The van der Waals surface area contributed by atoms with Gasteiger partial charge in [-0.2, -0.15) is 0 Å². The lowest BCUT2D eigenvalue weighted by Crippen LogP contribution is -2.41. The SMILES string of the molecule is N=C(c1cnccn1)N1CCOCC1. The van der Waals surface area contributed by atoms with E-state index in [-0.39, 0.29) is 0 Å². The van der Waals surface area contributed by atoms with Gasteiger partial charge < -0.3 is 9.64 Å². The van der Waals surface area contributed by atoms with Crippen molar-refractivity contribution in [2.24, 2.45) is 0 Å². The highest BCUT2D eigenvalue weighted by atomic mass is 16.5. The normalized spacial score (nSPS) is 16.7. The largest absolute Gasteiger partial charge is 0.378 e. The van der Waals surface area contributed by atoms with Gasteiger partial charge in [0, 0.05) is 25.5 Å². The van der Waals surface area contributed by atoms with E-state index in [0.29, 0.717) is 24.7 Å². The topological polar surface area (TPSA) is 62.1 Å². The predicted octanol–water partition coefficient (Wildman–Crippen LogP) is 0.134. The molecule has 1 saturated heterocycles. The van der Waals surface area contributed by atoms with E-state index in [1.807, 2.05) is 4.90 Å². The van der Waals surface area contributed by atoms with Crippen molar-refractivity contribution in [1.29, 1.82) is 5.41 Å². The Hall–Kier alpha value is -1.49. The fourth-order valence-electron chi connectivity index (χ4n) is 1.37. The summed E-state index contributed by atoms with van der Waals surface area (Å²) < 4.78 is 5.21. The van der Waals surface area contributed by atoms with Crippen LogP contribution in [0.1, 0.15) is 5.69 Å². The van der Waals surface area contributed by atoms with E-state index in [9.17, 15) is 0 Å². The summed E-state index contributed by atoms with van der Waals surface area (Å²) in [4.78, 5) is 9.98. The first-order valence-electron chi connectivity index (χ1n) is 4.55. The molecule has 2 rings (SSSR count). The minimum absolute atomic E-state index is 0.432. The van der Waals surface area contributed by atoms with Gasteiger partial charge in [0.15, 0.2) is 0 Å². The number of rotatable bonds is 1. The van der Waals surface area contributed by atoms with Gasteiger partial charge >= 0.3 is 0 Å². The van der Waals surface area contributed by atoms with Gasteiger partial charge in [-0.15, -0.1) is 0 Å². The first kappa shape index (κ1) is 9.08. The van der Waals surface area contributed by atoms with E-state index in [1.54, 1.807) is 18.6 Å². The Morgan fingerprint density at radius 1 is 1.36 bits per heavy atom. The molecule has 1 aliphatic rings. The maximum Gasteiger partial charge on any atom is 0.148 e. The van der Waals surface area contributed by atoms with Crippen LogP contribution in [0.15, 0.2) is 18.6 Å². The Morgan fingerprint density at radius 3 is 2.79 bits per heavy atom. The Balaban J connectivity index is 2.07. The van der Waals surface area contributed by atoms with Crippen molar-refractivity contribution in [2.75, 3.05) is 26.3 Å². The fraction of sp³-hybridized carbons (Fsp3) is 0.444. The Labute approximate surface area is 82.2 Å². The number of ether oxygens (including phenoxy) is 1. The average Bonchev–Trinajstić information content (AvgIpc) is 2.30.